The van der Waals surface area contributed by atoms with Crippen molar-refractivity contribution in [3.63, 3.8) is 0 Å². The van der Waals surface area contributed by atoms with Crippen LogP contribution in [0.15, 0.2) is 19.0 Å². The van der Waals surface area contributed by atoms with Crippen molar-refractivity contribution in [1.82, 2.24) is 9.97 Å². The number of aromatic nitrogens is 2. The Labute approximate surface area is 112 Å². The Morgan fingerprint density at radius 1 is 1.58 bits per heavy atom. The van der Waals surface area contributed by atoms with Crippen molar-refractivity contribution in [2.24, 2.45) is 5.41 Å². The number of carboxylic acids is 1. The molecule has 104 valence electrons. The maximum atomic E-state index is 11.0. The van der Waals surface area contributed by atoms with Gasteiger partial charge in [0.15, 0.2) is 17.3 Å². The summed E-state index contributed by atoms with van der Waals surface area (Å²) in [4.78, 5) is 18.7. The second-order valence-corrected chi connectivity index (χ2v) is 4.92. The van der Waals surface area contributed by atoms with E-state index < -0.39 is 5.97 Å². The lowest BCUT2D eigenvalue weighted by molar-refractivity contribution is 0.0686. The molecule has 0 aliphatic heterocycles. The predicted molar refractivity (Wildman–Crippen MR) is 72.6 cm³/mol. The first kappa shape index (κ1) is 14.9. The van der Waals surface area contributed by atoms with E-state index in [1.807, 2.05) is 6.08 Å². The summed E-state index contributed by atoms with van der Waals surface area (Å²) < 4.78 is 5.07. The number of carbonyl (C=O) groups is 1. The predicted octanol–water partition coefficient (Wildman–Crippen LogP) is 2.20. The summed E-state index contributed by atoms with van der Waals surface area (Å²) in [5.74, 6) is -0.621. The lowest BCUT2D eigenvalue weighted by Gasteiger charge is -2.24. The molecule has 1 heterocycles. The van der Waals surface area contributed by atoms with E-state index in [1.165, 1.54) is 13.4 Å². The van der Waals surface area contributed by atoms with E-state index in [4.69, 9.17) is 9.84 Å². The van der Waals surface area contributed by atoms with Crippen molar-refractivity contribution < 1.29 is 14.6 Å². The maximum absolute atomic E-state index is 11.0. The molecule has 0 aromatic carbocycles. The molecule has 1 aromatic heterocycles. The number of anilines is 1. The summed E-state index contributed by atoms with van der Waals surface area (Å²) in [5, 5.41) is 12.1. The van der Waals surface area contributed by atoms with Crippen molar-refractivity contribution in [2.45, 2.75) is 20.3 Å². The minimum absolute atomic E-state index is 0.0128. The van der Waals surface area contributed by atoms with Crippen LogP contribution in [0.5, 0.6) is 5.75 Å². The van der Waals surface area contributed by atoms with Crippen LogP contribution >= 0.6 is 0 Å². The molecule has 0 aliphatic rings. The average molecular weight is 265 g/mol. The zero-order valence-electron chi connectivity index (χ0n) is 11.4. The number of aromatic carboxylic acids is 1. The van der Waals surface area contributed by atoms with Crippen LogP contribution in [0, 0.1) is 5.41 Å². The van der Waals surface area contributed by atoms with E-state index in [0.717, 1.165) is 6.42 Å². The number of rotatable bonds is 7. The number of allylic oxidation sites excluding steroid dienone is 1. The molecule has 6 heteroatoms. The molecule has 0 spiro atoms. The highest BCUT2D eigenvalue weighted by Gasteiger charge is 2.20. The lowest BCUT2D eigenvalue weighted by atomic mass is 9.89. The summed E-state index contributed by atoms with van der Waals surface area (Å²) in [6.07, 6.45) is 3.88. The third kappa shape index (κ3) is 3.94. The minimum atomic E-state index is -1.15. The molecule has 0 unspecified atom stereocenters. The first-order valence-corrected chi connectivity index (χ1v) is 5.88. The van der Waals surface area contributed by atoms with Gasteiger partial charge in [0.25, 0.3) is 0 Å². The van der Waals surface area contributed by atoms with Gasteiger partial charge in [0, 0.05) is 6.54 Å². The normalized spacial score (nSPS) is 10.9. The van der Waals surface area contributed by atoms with E-state index >= 15 is 0 Å². The summed E-state index contributed by atoms with van der Waals surface area (Å²) in [6, 6.07) is 0. The monoisotopic (exact) mass is 265 g/mol. The van der Waals surface area contributed by atoms with E-state index in [2.05, 4.69) is 35.7 Å². The number of nitrogens with zero attached hydrogens (tertiary/aromatic N) is 2. The first-order chi connectivity index (χ1) is 8.91. The molecular weight excluding hydrogens is 246 g/mol. The molecule has 0 radical (unpaired) electrons. The summed E-state index contributed by atoms with van der Waals surface area (Å²) >= 11 is 0. The molecule has 0 saturated heterocycles. The molecule has 2 N–H and O–H groups in total. The van der Waals surface area contributed by atoms with Gasteiger partial charge in [-0.25, -0.2) is 14.8 Å². The SMILES string of the molecule is C=CCC(C)(C)CNc1ncnc(C(=O)O)c1OC. The fourth-order valence-corrected chi connectivity index (χ4v) is 1.63. The Balaban J connectivity index is 2.92. The zero-order valence-corrected chi connectivity index (χ0v) is 11.4. The van der Waals surface area contributed by atoms with Crippen LogP contribution in [0.4, 0.5) is 5.82 Å². The van der Waals surface area contributed by atoms with E-state index in [0.29, 0.717) is 12.4 Å². The zero-order chi connectivity index (χ0) is 14.5. The van der Waals surface area contributed by atoms with Crippen molar-refractivity contribution >= 4 is 11.8 Å². The van der Waals surface area contributed by atoms with Crippen LogP contribution in [0.3, 0.4) is 0 Å². The third-order valence-electron chi connectivity index (χ3n) is 2.64. The van der Waals surface area contributed by atoms with Crippen LogP contribution < -0.4 is 10.1 Å². The number of ether oxygens (including phenoxy) is 1. The Morgan fingerprint density at radius 2 is 2.26 bits per heavy atom. The van der Waals surface area contributed by atoms with E-state index in [9.17, 15) is 4.79 Å². The smallest absolute Gasteiger partial charge is 0.358 e. The van der Waals surface area contributed by atoms with Crippen molar-refractivity contribution in [2.75, 3.05) is 19.0 Å². The van der Waals surface area contributed by atoms with Crippen LogP contribution in [0.25, 0.3) is 0 Å². The molecular formula is C13H19N3O3. The Kier molecular flexibility index (Phi) is 4.86. The topological polar surface area (TPSA) is 84.3 Å². The molecule has 6 nitrogen and oxygen atoms in total. The summed E-state index contributed by atoms with van der Waals surface area (Å²) in [7, 11) is 1.39. The quantitative estimate of drug-likeness (QED) is 0.735. The molecule has 0 aliphatic carbocycles. The van der Waals surface area contributed by atoms with Gasteiger partial charge in [0.1, 0.15) is 6.33 Å². The molecule has 0 atom stereocenters. The lowest BCUT2D eigenvalue weighted by Crippen LogP contribution is -2.23. The van der Waals surface area contributed by atoms with Gasteiger partial charge < -0.3 is 15.2 Å². The highest BCUT2D eigenvalue weighted by Crippen LogP contribution is 2.27. The molecule has 0 fully saturated rings. The van der Waals surface area contributed by atoms with Gasteiger partial charge in [-0.2, -0.15) is 0 Å². The maximum Gasteiger partial charge on any atom is 0.358 e. The van der Waals surface area contributed by atoms with Crippen LogP contribution in [0.2, 0.25) is 0 Å². The minimum Gasteiger partial charge on any atom is -0.491 e. The van der Waals surface area contributed by atoms with Crippen molar-refractivity contribution in [1.29, 1.82) is 0 Å². The number of methoxy groups -OCH3 is 1. The van der Waals surface area contributed by atoms with Crippen molar-refractivity contribution in [3.8, 4) is 5.75 Å². The van der Waals surface area contributed by atoms with Gasteiger partial charge in [-0.15, -0.1) is 6.58 Å². The van der Waals surface area contributed by atoms with Gasteiger partial charge in [-0.3, -0.25) is 0 Å². The fraction of sp³-hybridized carbons (Fsp3) is 0.462. The Morgan fingerprint density at radius 3 is 2.79 bits per heavy atom. The van der Waals surface area contributed by atoms with Gasteiger partial charge in [-0.05, 0) is 11.8 Å². The van der Waals surface area contributed by atoms with Gasteiger partial charge in [0.2, 0.25) is 0 Å². The molecule has 19 heavy (non-hydrogen) atoms. The molecule has 1 rings (SSSR count). The van der Waals surface area contributed by atoms with Crippen LogP contribution in [0.1, 0.15) is 30.8 Å². The third-order valence-corrected chi connectivity index (χ3v) is 2.64. The van der Waals surface area contributed by atoms with Crippen molar-refractivity contribution in [3.05, 3.63) is 24.7 Å². The highest BCUT2D eigenvalue weighted by atomic mass is 16.5. The van der Waals surface area contributed by atoms with Gasteiger partial charge in [0.05, 0.1) is 7.11 Å². The highest BCUT2D eigenvalue weighted by molar-refractivity contribution is 5.90. The second-order valence-electron chi connectivity index (χ2n) is 4.92. The average Bonchev–Trinajstić information content (AvgIpc) is 2.35. The number of hydrogen-bond donors (Lipinski definition) is 2. The summed E-state index contributed by atoms with van der Waals surface area (Å²) in [6.45, 7) is 8.49. The molecule has 1 aromatic rings. The molecule has 0 amide bonds. The number of hydrogen-bond acceptors (Lipinski definition) is 5. The standard InChI is InChI=1S/C13H19N3O3/c1-5-6-13(2,3)7-14-11-10(19-4)9(12(17)18)15-8-16-11/h5,8H,1,6-7H2,2-4H3,(H,17,18)(H,14,15,16). The molecule has 0 bridgehead atoms. The second kappa shape index (κ2) is 6.17. The summed E-state index contributed by atoms with van der Waals surface area (Å²) in [5.41, 5.74) is -0.164. The molecule has 0 saturated carbocycles. The van der Waals surface area contributed by atoms with Gasteiger partial charge in [-0.1, -0.05) is 19.9 Å². The Bertz CT molecular complexity index is 472. The van der Waals surface area contributed by atoms with Gasteiger partial charge >= 0.3 is 5.97 Å². The number of carboxylic acid groups (broad SMARTS) is 1. The van der Waals surface area contributed by atoms with E-state index in [1.54, 1.807) is 0 Å². The Hall–Kier alpha value is -2.11. The largest absolute Gasteiger partial charge is 0.491 e. The van der Waals surface area contributed by atoms with Crippen LogP contribution in [-0.2, 0) is 0 Å². The fourth-order valence-electron chi connectivity index (χ4n) is 1.63. The van der Waals surface area contributed by atoms with Crippen LogP contribution in [-0.4, -0.2) is 34.7 Å². The van der Waals surface area contributed by atoms with E-state index in [-0.39, 0.29) is 16.9 Å². The first-order valence-electron chi connectivity index (χ1n) is 5.88. The number of nitrogens with one attached hydrogen (secondary N) is 1.